The predicted octanol–water partition coefficient (Wildman–Crippen LogP) is 2.29. The predicted molar refractivity (Wildman–Crippen MR) is 72.9 cm³/mol. The van der Waals surface area contributed by atoms with Gasteiger partial charge in [0.15, 0.2) is 0 Å². The monoisotopic (exact) mass is 271 g/mol. The molecule has 1 aliphatic heterocycles. The van der Waals surface area contributed by atoms with Crippen molar-refractivity contribution in [3.8, 4) is 0 Å². The van der Waals surface area contributed by atoms with Crippen LogP contribution in [0.4, 0.5) is 0 Å². The van der Waals surface area contributed by atoms with E-state index < -0.39 is 0 Å². The summed E-state index contributed by atoms with van der Waals surface area (Å²) in [5, 5.41) is 8.80. The Hall–Kier alpha value is -0.580. The third-order valence-electron chi connectivity index (χ3n) is 3.55. The quantitative estimate of drug-likeness (QED) is 0.913. The number of nitrogens with zero attached hydrogens (tertiary/aromatic N) is 2. The fourth-order valence-corrected chi connectivity index (χ4v) is 2.80. The molecule has 2 unspecified atom stereocenters. The molecule has 1 aromatic rings. The first-order valence-electron chi connectivity index (χ1n) is 6.67. The van der Waals surface area contributed by atoms with Crippen molar-refractivity contribution < 1.29 is 4.74 Å². The minimum atomic E-state index is 0.351. The summed E-state index contributed by atoms with van der Waals surface area (Å²) in [6.45, 7) is 5.82. The number of rotatable bonds is 4. The Morgan fingerprint density at radius 3 is 2.94 bits per heavy atom. The molecule has 0 spiro atoms. The molecule has 0 aliphatic carbocycles. The molecule has 0 radical (unpaired) electrons. The molecule has 0 bridgehead atoms. The highest BCUT2D eigenvalue weighted by Crippen LogP contribution is 2.21. The summed E-state index contributed by atoms with van der Waals surface area (Å²) >= 11 is 6.33. The van der Waals surface area contributed by atoms with Crippen LogP contribution in [0.15, 0.2) is 0 Å². The standard InChI is InChI=1S/C13H22ClN3O/c1-4-11-13(14)12(17(3)16-11)8-15-10-5-6-18-9(2)7-10/h9-10,15H,4-8H2,1-3H3. The molecule has 0 aromatic carbocycles. The lowest BCUT2D eigenvalue weighted by atomic mass is 10.0. The van der Waals surface area contributed by atoms with E-state index in [2.05, 4.69) is 24.3 Å². The first kappa shape index (κ1) is 13.8. The summed E-state index contributed by atoms with van der Waals surface area (Å²) in [6.07, 6.45) is 3.36. The molecule has 1 N–H and O–H groups in total. The largest absolute Gasteiger partial charge is 0.378 e. The SMILES string of the molecule is CCc1nn(C)c(CNC2CCOC(C)C2)c1Cl. The van der Waals surface area contributed by atoms with Crippen LogP contribution in [-0.2, 0) is 24.8 Å². The van der Waals surface area contributed by atoms with Gasteiger partial charge in [0, 0.05) is 26.2 Å². The van der Waals surface area contributed by atoms with Crippen LogP contribution in [0.1, 0.15) is 38.1 Å². The summed E-state index contributed by atoms with van der Waals surface area (Å²) < 4.78 is 7.43. The summed E-state index contributed by atoms with van der Waals surface area (Å²) in [7, 11) is 1.95. The Kier molecular flexibility index (Phi) is 4.65. The molecule has 1 fully saturated rings. The van der Waals surface area contributed by atoms with Gasteiger partial charge in [0.25, 0.3) is 0 Å². The van der Waals surface area contributed by atoms with E-state index in [1.807, 2.05) is 11.7 Å². The van der Waals surface area contributed by atoms with Crippen LogP contribution in [0.3, 0.4) is 0 Å². The van der Waals surface area contributed by atoms with E-state index in [0.29, 0.717) is 12.1 Å². The maximum atomic E-state index is 6.33. The Morgan fingerprint density at radius 2 is 2.33 bits per heavy atom. The highest BCUT2D eigenvalue weighted by molar-refractivity contribution is 6.31. The average molecular weight is 272 g/mol. The van der Waals surface area contributed by atoms with Crippen LogP contribution in [0.5, 0.6) is 0 Å². The Labute approximate surface area is 114 Å². The first-order chi connectivity index (χ1) is 8.61. The smallest absolute Gasteiger partial charge is 0.0863 e. The number of aromatic nitrogens is 2. The normalized spacial score (nSPS) is 24.4. The van der Waals surface area contributed by atoms with Crippen LogP contribution in [0.2, 0.25) is 5.02 Å². The van der Waals surface area contributed by atoms with Crippen molar-refractivity contribution >= 4 is 11.6 Å². The van der Waals surface area contributed by atoms with Gasteiger partial charge in [-0.1, -0.05) is 18.5 Å². The van der Waals surface area contributed by atoms with E-state index in [-0.39, 0.29) is 0 Å². The van der Waals surface area contributed by atoms with Gasteiger partial charge in [-0.3, -0.25) is 4.68 Å². The second-order valence-corrected chi connectivity index (χ2v) is 5.35. The summed E-state index contributed by atoms with van der Waals surface area (Å²) in [5.41, 5.74) is 2.06. The fourth-order valence-electron chi connectivity index (χ4n) is 2.44. The van der Waals surface area contributed by atoms with Crippen LogP contribution in [0, 0.1) is 0 Å². The summed E-state index contributed by atoms with van der Waals surface area (Å²) in [4.78, 5) is 0. The van der Waals surface area contributed by atoms with Crippen LogP contribution in [0.25, 0.3) is 0 Å². The van der Waals surface area contributed by atoms with Gasteiger partial charge in [0.1, 0.15) is 0 Å². The van der Waals surface area contributed by atoms with E-state index >= 15 is 0 Å². The zero-order chi connectivity index (χ0) is 13.1. The third-order valence-corrected chi connectivity index (χ3v) is 3.98. The Bertz CT molecular complexity index is 405. The van der Waals surface area contributed by atoms with Gasteiger partial charge in [-0.2, -0.15) is 5.10 Å². The molecule has 0 saturated carbocycles. The lowest BCUT2D eigenvalue weighted by molar-refractivity contribution is 0.0129. The first-order valence-corrected chi connectivity index (χ1v) is 7.04. The number of aryl methyl sites for hydroxylation is 2. The molecule has 1 saturated heterocycles. The van der Waals surface area contributed by atoms with Crippen molar-refractivity contribution in [3.63, 3.8) is 0 Å². The van der Waals surface area contributed by atoms with Crippen molar-refractivity contribution in [1.29, 1.82) is 0 Å². The van der Waals surface area contributed by atoms with Gasteiger partial charge in [0.05, 0.1) is 22.5 Å². The second-order valence-electron chi connectivity index (χ2n) is 4.97. The molecular formula is C13H22ClN3O. The molecule has 4 nitrogen and oxygen atoms in total. The molecule has 5 heteroatoms. The number of halogens is 1. The second kappa shape index (κ2) is 6.04. The minimum absolute atomic E-state index is 0.351. The highest BCUT2D eigenvalue weighted by Gasteiger charge is 2.20. The van der Waals surface area contributed by atoms with Gasteiger partial charge >= 0.3 is 0 Å². The molecule has 2 rings (SSSR count). The van der Waals surface area contributed by atoms with Gasteiger partial charge in [0.2, 0.25) is 0 Å². The van der Waals surface area contributed by atoms with E-state index in [0.717, 1.165) is 48.8 Å². The summed E-state index contributed by atoms with van der Waals surface area (Å²) in [5.74, 6) is 0. The number of nitrogens with one attached hydrogen (secondary N) is 1. The number of ether oxygens (including phenoxy) is 1. The molecule has 2 heterocycles. The number of hydrogen-bond acceptors (Lipinski definition) is 3. The zero-order valence-corrected chi connectivity index (χ0v) is 12.1. The van der Waals surface area contributed by atoms with Crippen molar-refractivity contribution in [2.45, 2.75) is 51.8 Å². The minimum Gasteiger partial charge on any atom is -0.378 e. The van der Waals surface area contributed by atoms with Gasteiger partial charge < -0.3 is 10.1 Å². The molecule has 18 heavy (non-hydrogen) atoms. The molecular weight excluding hydrogens is 250 g/mol. The van der Waals surface area contributed by atoms with Crippen molar-refractivity contribution in [2.75, 3.05) is 6.61 Å². The molecule has 0 amide bonds. The summed E-state index contributed by atoms with van der Waals surface area (Å²) in [6, 6.07) is 0.518. The fraction of sp³-hybridized carbons (Fsp3) is 0.769. The maximum absolute atomic E-state index is 6.33. The van der Waals surface area contributed by atoms with E-state index in [1.54, 1.807) is 0 Å². The van der Waals surface area contributed by atoms with Crippen molar-refractivity contribution in [3.05, 3.63) is 16.4 Å². The van der Waals surface area contributed by atoms with E-state index in [9.17, 15) is 0 Å². The van der Waals surface area contributed by atoms with Crippen molar-refractivity contribution in [2.24, 2.45) is 7.05 Å². The lowest BCUT2D eigenvalue weighted by Gasteiger charge is -2.28. The zero-order valence-electron chi connectivity index (χ0n) is 11.4. The molecule has 1 aliphatic rings. The van der Waals surface area contributed by atoms with E-state index in [1.165, 1.54) is 0 Å². The molecule has 2 atom stereocenters. The average Bonchev–Trinajstić information content (AvgIpc) is 2.62. The number of hydrogen-bond donors (Lipinski definition) is 1. The highest BCUT2D eigenvalue weighted by atomic mass is 35.5. The molecule has 1 aromatic heterocycles. The van der Waals surface area contributed by atoms with Gasteiger partial charge in [-0.05, 0) is 26.2 Å². The van der Waals surface area contributed by atoms with Gasteiger partial charge in [-0.25, -0.2) is 0 Å². The van der Waals surface area contributed by atoms with Crippen LogP contribution < -0.4 is 5.32 Å². The van der Waals surface area contributed by atoms with Crippen LogP contribution >= 0.6 is 11.6 Å². The topological polar surface area (TPSA) is 39.1 Å². The van der Waals surface area contributed by atoms with Crippen LogP contribution in [-0.4, -0.2) is 28.5 Å². The van der Waals surface area contributed by atoms with Gasteiger partial charge in [-0.15, -0.1) is 0 Å². The Morgan fingerprint density at radius 1 is 1.56 bits per heavy atom. The Balaban J connectivity index is 1.95. The van der Waals surface area contributed by atoms with E-state index in [4.69, 9.17) is 16.3 Å². The van der Waals surface area contributed by atoms with Crippen molar-refractivity contribution in [1.82, 2.24) is 15.1 Å². The molecule has 102 valence electrons. The lowest BCUT2D eigenvalue weighted by Crippen LogP contribution is -2.37. The maximum Gasteiger partial charge on any atom is 0.0863 e. The third kappa shape index (κ3) is 3.05.